The van der Waals surface area contributed by atoms with E-state index in [1.54, 1.807) is 30.5 Å². The molecule has 1 amide bonds. The van der Waals surface area contributed by atoms with Gasteiger partial charge in [0.2, 0.25) is 5.88 Å². The molecule has 1 unspecified atom stereocenters. The number of anilines is 1. The van der Waals surface area contributed by atoms with Crippen LogP contribution in [0.5, 0.6) is 11.6 Å². The van der Waals surface area contributed by atoms with Crippen LogP contribution in [-0.2, 0) is 10.0 Å². The minimum atomic E-state index is -4.30. The van der Waals surface area contributed by atoms with Crippen molar-refractivity contribution in [2.75, 3.05) is 11.4 Å². The number of sulfonamides is 1. The Morgan fingerprint density at radius 1 is 1.14 bits per heavy atom. The largest absolute Gasteiger partial charge is 0.439 e. The van der Waals surface area contributed by atoms with Crippen molar-refractivity contribution in [3.63, 3.8) is 0 Å². The number of nitrogens with one attached hydrogen (secondary N) is 1. The van der Waals surface area contributed by atoms with E-state index in [4.69, 9.17) is 27.9 Å². The third-order valence-corrected chi connectivity index (χ3v) is 7.64. The Kier molecular flexibility index (Phi) is 6.95. The van der Waals surface area contributed by atoms with Crippen molar-refractivity contribution in [2.45, 2.75) is 37.8 Å². The van der Waals surface area contributed by atoms with Crippen molar-refractivity contribution in [3.8, 4) is 11.6 Å². The number of ether oxygens (including phenoxy) is 1. The molecule has 0 radical (unpaired) electrons. The Labute approximate surface area is 214 Å². The normalized spacial score (nSPS) is 17.3. The molecule has 11 heteroatoms. The summed E-state index contributed by atoms with van der Waals surface area (Å²) in [5, 5.41) is 0.264. The molecule has 8 nitrogen and oxygen atoms in total. The molecular formula is C24H24Cl2N4O4S. The van der Waals surface area contributed by atoms with E-state index < -0.39 is 15.9 Å². The second-order valence-electron chi connectivity index (χ2n) is 9.03. The molecular weight excluding hydrogens is 511 g/mol. The van der Waals surface area contributed by atoms with Crippen molar-refractivity contribution in [1.82, 2.24) is 14.7 Å². The zero-order valence-electron chi connectivity index (χ0n) is 19.3. The number of carbonyl (C=O) groups excluding carboxylic acids is 1. The van der Waals surface area contributed by atoms with Gasteiger partial charge in [0, 0.05) is 30.4 Å². The second kappa shape index (κ2) is 9.64. The first-order chi connectivity index (χ1) is 16.5. The molecule has 0 aliphatic carbocycles. The first kappa shape index (κ1) is 25.2. The summed E-state index contributed by atoms with van der Waals surface area (Å²) in [6, 6.07) is 12.0. The van der Waals surface area contributed by atoms with Crippen molar-refractivity contribution in [1.29, 1.82) is 0 Å². The van der Waals surface area contributed by atoms with Crippen LogP contribution >= 0.6 is 23.2 Å². The van der Waals surface area contributed by atoms with Crippen LogP contribution in [0.4, 0.5) is 5.82 Å². The molecule has 0 saturated carbocycles. The number of pyridine rings is 2. The standard InChI is InChI=1S/C24H24Cl2N4O4S/c1-15-13-24(2,3)30(14-15)22-17(6-5-11-27-22)23(31)29-35(32,33)21-8-4-7-20(28-21)34-16-9-10-18(25)19(26)12-16/h4-12,15H,13-14H2,1-3H3,(H,29,31). The number of aromatic nitrogens is 2. The van der Waals surface area contributed by atoms with E-state index in [9.17, 15) is 13.2 Å². The van der Waals surface area contributed by atoms with Crippen LogP contribution in [0.2, 0.25) is 10.0 Å². The van der Waals surface area contributed by atoms with Crippen LogP contribution in [0, 0.1) is 5.92 Å². The number of nitrogens with zero attached hydrogens (tertiary/aromatic N) is 3. The highest BCUT2D eigenvalue weighted by molar-refractivity contribution is 7.90. The molecule has 1 fully saturated rings. The predicted octanol–water partition coefficient (Wildman–Crippen LogP) is 5.32. The average Bonchev–Trinajstić information content (AvgIpc) is 3.08. The van der Waals surface area contributed by atoms with E-state index in [0.29, 0.717) is 29.1 Å². The molecule has 1 aromatic carbocycles. The zero-order chi connectivity index (χ0) is 25.4. The molecule has 0 bridgehead atoms. The average molecular weight is 535 g/mol. The first-order valence-corrected chi connectivity index (χ1v) is 13.1. The Bertz CT molecular complexity index is 1380. The van der Waals surface area contributed by atoms with Crippen molar-refractivity contribution in [3.05, 3.63) is 70.3 Å². The van der Waals surface area contributed by atoms with Gasteiger partial charge in [0.05, 0.1) is 15.6 Å². The monoisotopic (exact) mass is 534 g/mol. The van der Waals surface area contributed by atoms with Gasteiger partial charge in [0.25, 0.3) is 15.9 Å². The lowest BCUT2D eigenvalue weighted by molar-refractivity contribution is 0.0981. The van der Waals surface area contributed by atoms with Crippen LogP contribution in [0.25, 0.3) is 0 Å². The Balaban J connectivity index is 1.57. The molecule has 35 heavy (non-hydrogen) atoms. The molecule has 184 valence electrons. The maximum absolute atomic E-state index is 13.1. The number of hydrogen-bond acceptors (Lipinski definition) is 7. The molecule has 1 saturated heterocycles. The second-order valence-corrected chi connectivity index (χ2v) is 11.5. The lowest BCUT2D eigenvalue weighted by Crippen LogP contribution is -2.41. The fourth-order valence-electron chi connectivity index (χ4n) is 4.24. The maximum atomic E-state index is 13.1. The summed E-state index contributed by atoms with van der Waals surface area (Å²) in [5.74, 6) is 0.399. The number of amides is 1. The van der Waals surface area contributed by atoms with Gasteiger partial charge in [-0.05, 0) is 56.5 Å². The Hall–Kier alpha value is -2.88. The van der Waals surface area contributed by atoms with Gasteiger partial charge in [-0.3, -0.25) is 4.79 Å². The molecule has 2 aromatic heterocycles. The summed E-state index contributed by atoms with van der Waals surface area (Å²) >= 11 is 11.9. The number of benzene rings is 1. The molecule has 1 aliphatic rings. The molecule has 1 N–H and O–H groups in total. The maximum Gasteiger partial charge on any atom is 0.281 e. The number of hydrogen-bond donors (Lipinski definition) is 1. The van der Waals surface area contributed by atoms with Gasteiger partial charge in [0.1, 0.15) is 11.6 Å². The fraction of sp³-hybridized carbons (Fsp3) is 0.292. The Morgan fingerprint density at radius 2 is 1.91 bits per heavy atom. The Morgan fingerprint density at radius 3 is 2.60 bits per heavy atom. The smallest absolute Gasteiger partial charge is 0.281 e. The number of carbonyl (C=O) groups is 1. The summed E-state index contributed by atoms with van der Waals surface area (Å²) in [4.78, 5) is 23.6. The van der Waals surface area contributed by atoms with E-state index in [0.717, 1.165) is 6.42 Å². The fourth-order valence-corrected chi connectivity index (χ4v) is 5.46. The van der Waals surface area contributed by atoms with Crippen LogP contribution in [-0.4, -0.2) is 36.4 Å². The first-order valence-electron chi connectivity index (χ1n) is 10.9. The van der Waals surface area contributed by atoms with E-state index >= 15 is 0 Å². The topological polar surface area (TPSA) is 101 Å². The molecule has 3 heterocycles. The summed E-state index contributed by atoms with van der Waals surface area (Å²) in [7, 11) is -4.30. The molecule has 4 rings (SSSR count). The highest BCUT2D eigenvalue weighted by Crippen LogP contribution is 2.37. The van der Waals surface area contributed by atoms with Gasteiger partial charge in [-0.1, -0.05) is 36.2 Å². The minimum Gasteiger partial charge on any atom is -0.439 e. The third-order valence-electron chi connectivity index (χ3n) is 5.67. The van der Waals surface area contributed by atoms with Crippen LogP contribution in [0.3, 0.4) is 0 Å². The quantitative estimate of drug-likeness (QED) is 0.456. The lowest BCUT2D eigenvalue weighted by atomic mass is 9.97. The van der Waals surface area contributed by atoms with Crippen molar-refractivity contribution >= 4 is 45.0 Å². The van der Waals surface area contributed by atoms with Gasteiger partial charge in [-0.15, -0.1) is 0 Å². The summed E-state index contributed by atoms with van der Waals surface area (Å²) < 4.78 is 33.7. The lowest BCUT2D eigenvalue weighted by Gasteiger charge is -2.33. The van der Waals surface area contributed by atoms with E-state index in [1.807, 2.05) is 4.90 Å². The SMILES string of the molecule is CC1CN(c2ncccc2C(=O)NS(=O)(=O)c2cccc(Oc3ccc(Cl)c(Cl)c3)n2)C(C)(C)C1. The summed E-state index contributed by atoms with van der Waals surface area (Å²) in [6.07, 6.45) is 2.52. The van der Waals surface area contributed by atoms with E-state index in [-0.39, 0.29) is 27.0 Å². The molecule has 1 aliphatic heterocycles. The third kappa shape index (κ3) is 5.52. The number of rotatable bonds is 6. The van der Waals surface area contributed by atoms with E-state index in [1.165, 1.54) is 24.3 Å². The molecule has 0 spiro atoms. The van der Waals surface area contributed by atoms with Crippen LogP contribution in [0.1, 0.15) is 37.6 Å². The van der Waals surface area contributed by atoms with Crippen LogP contribution < -0.4 is 14.4 Å². The molecule has 1 atom stereocenters. The highest BCUT2D eigenvalue weighted by Gasteiger charge is 2.39. The highest BCUT2D eigenvalue weighted by atomic mass is 35.5. The van der Waals surface area contributed by atoms with Gasteiger partial charge in [0.15, 0.2) is 5.03 Å². The predicted molar refractivity (Wildman–Crippen MR) is 135 cm³/mol. The van der Waals surface area contributed by atoms with Gasteiger partial charge in [-0.25, -0.2) is 9.71 Å². The van der Waals surface area contributed by atoms with Crippen molar-refractivity contribution < 1.29 is 17.9 Å². The number of halogens is 2. The summed E-state index contributed by atoms with van der Waals surface area (Å²) in [6.45, 7) is 7.00. The minimum absolute atomic E-state index is 0.00795. The van der Waals surface area contributed by atoms with Gasteiger partial charge < -0.3 is 9.64 Å². The van der Waals surface area contributed by atoms with E-state index in [2.05, 4.69) is 35.5 Å². The van der Waals surface area contributed by atoms with Gasteiger partial charge >= 0.3 is 0 Å². The van der Waals surface area contributed by atoms with Crippen LogP contribution in [0.15, 0.2) is 59.8 Å². The molecule has 3 aromatic rings. The zero-order valence-corrected chi connectivity index (χ0v) is 21.7. The summed E-state index contributed by atoms with van der Waals surface area (Å²) in [5.41, 5.74) is -0.0547. The van der Waals surface area contributed by atoms with Gasteiger partial charge in [-0.2, -0.15) is 13.4 Å². The van der Waals surface area contributed by atoms with Crippen molar-refractivity contribution in [2.24, 2.45) is 5.92 Å².